The Morgan fingerprint density at radius 2 is 1.86 bits per heavy atom. The molecule has 0 aromatic heterocycles. The third-order valence-electron chi connectivity index (χ3n) is 9.01. The molecule has 6 rings (SSSR count). The molecule has 2 atom stereocenters. The zero-order chi connectivity index (χ0) is 25.8. The van der Waals surface area contributed by atoms with Crippen LogP contribution in [-0.4, -0.2) is 78.3 Å². The average molecular weight is 504 g/mol. The van der Waals surface area contributed by atoms with Gasteiger partial charge < -0.3 is 25.0 Å². The summed E-state index contributed by atoms with van der Waals surface area (Å²) in [4.78, 5) is 30.6. The van der Waals surface area contributed by atoms with E-state index in [9.17, 15) is 14.7 Å². The van der Waals surface area contributed by atoms with Crippen LogP contribution in [0.15, 0.2) is 42.5 Å². The number of rotatable bonds is 4. The Balaban J connectivity index is 1.15. The van der Waals surface area contributed by atoms with E-state index in [4.69, 9.17) is 4.74 Å². The number of aliphatic hydroxyl groups is 1. The van der Waals surface area contributed by atoms with Gasteiger partial charge in [-0.3, -0.25) is 9.59 Å². The van der Waals surface area contributed by atoms with E-state index in [0.717, 1.165) is 57.7 Å². The van der Waals surface area contributed by atoms with Gasteiger partial charge in [0.05, 0.1) is 19.3 Å². The Hall–Kier alpha value is -2.74. The third-order valence-corrected chi connectivity index (χ3v) is 9.01. The van der Waals surface area contributed by atoms with Gasteiger partial charge in [0.25, 0.3) is 11.8 Å². The van der Waals surface area contributed by atoms with Gasteiger partial charge in [-0.2, -0.15) is 0 Å². The van der Waals surface area contributed by atoms with Crippen LogP contribution in [0.2, 0.25) is 0 Å². The number of fused-ring (bicyclic) bond motifs is 2. The number of β-amino-alcohol motifs (C(OH)–C–C–N with tert-alkyl or cyclic N) is 1. The first-order valence-electron chi connectivity index (χ1n) is 13.5. The molecule has 4 aliphatic heterocycles. The van der Waals surface area contributed by atoms with Crippen LogP contribution < -0.4 is 5.32 Å². The molecule has 2 amide bonds. The van der Waals surface area contributed by atoms with Crippen molar-refractivity contribution in [1.29, 1.82) is 0 Å². The van der Waals surface area contributed by atoms with Gasteiger partial charge >= 0.3 is 0 Å². The first-order chi connectivity index (χ1) is 17.7. The van der Waals surface area contributed by atoms with Crippen molar-refractivity contribution in [1.82, 2.24) is 15.1 Å². The summed E-state index contributed by atoms with van der Waals surface area (Å²) in [5.41, 5.74) is 4.67. The lowest BCUT2D eigenvalue weighted by Crippen LogP contribution is -2.54. The van der Waals surface area contributed by atoms with Crippen LogP contribution in [0.5, 0.6) is 0 Å². The molecule has 0 bridgehead atoms. The standard InChI is InChI=1S/C30H37N3O4/c1-29(2)17-33(16-26(34)25-14-20-5-3-4-6-22(20)15-31-25)28(36)23-8-7-21(13-24(23)29)27(35)32-11-9-30(10-12-32)18-37-19-30/h3-8,13,25-26,31,34H,9-12,14-19H2,1-2H3/t25-,26+/m0/s1. The molecule has 2 aromatic rings. The summed E-state index contributed by atoms with van der Waals surface area (Å²) in [6, 6.07) is 13.7. The van der Waals surface area contributed by atoms with Crippen LogP contribution in [0, 0.1) is 5.41 Å². The summed E-state index contributed by atoms with van der Waals surface area (Å²) in [5.74, 6) is -0.0314. The van der Waals surface area contributed by atoms with E-state index in [-0.39, 0.29) is 35.2 Å². The van der Waals surface area contributed by atoms with Crippen molar-refractivity contribution >= 4 is 11.8 Å². The largest absolute Gasteiger partial charge is 0.390 e. The minimum Gasteiger partial charge on any atom is -0.390 e. The van der Waals surface area contributed by atoms with Crippen molar-refractivity contribution in [3.8, 4) is 0 Å². The number of aliphatic hydroxyl groups excluding tert-OH is 1. The van der Waals surface area contributed by atoms with Crippen molar-refractivity contribution in [3.63, 3.8) is 0 Å². The molecular weight excluding hydrogens is 466 g/mol. The molecule has 0 unspecified atom stereocenters. The lowest BCUT2D eigenvalue weighted by atomic mass is 9.76. The molecule has 1 spiro atoms. The number of amides is 2. The summed E-state index contributed by atoms with van der Waals surface area (Å²) >= 11 is 0. The molecule has 7 nitrogen and oxygen atoms in total. The maximum atomic E-state index is 13.5. The van der Waals surface area contributed by atoms with E-state index in [1.54, 1.807) is 11.0 Å². The maximum absolute atomic E-state index is 13.5. The summed E-state index contributed by atoms with van der Waals surface area (Å²) in [5, 5.41) is 14.5. The Labute approximate surface area is 218 Å². The monoisotopic (exact) mass is 503 g/mol. The maximum Gasteiger partial charge on any atom is 0.254 e. The van der Waals surface area contributed by atoms with E-state index in [2.05, 4.69) is 31.3 Å². The zero-order valence-electron chi connectivity index (χ0n) is 21.8. The lowest BCUT2D eigenvalue weighted by molar-refractivity contribution is -0.136. The molecule has 37 heavy (non-hydrogen) atoms. The Bertz CT molecular complexity index is 1210. The molecule has 196 valence electrons. The van der Waals surface area contributed by atoms with Gasteiger partial charge in [-0.05, 0) is 54.2 Å². The van der Waals surface area contributed by atoms with E-state index >= 15 is 0 Å². The van der Waals surface area contributed by atoms with E-state index in [1.807, 2.05) is 29.2 Å². The molecule has 2 saturated heterocycles. The lowest BCUT2D eigenvalue weighted by Gasteiger charge is -2.47. The number of nitrogens with one attached hydrogen (secondary N) is 1. The van der Waals surface area contributed by atoms with E-state index < -0.39 is 6.10 Å². The van der Waals surface area contributed by atoms with Crippen LogP contribution in [0.4, 0.5) is 0 Å². The fourth-order valence-electron chi connectivity index (χ4n) is 6.53. The van der Waals surface area contributed by atoms with Gasteiger partial charge in [0.2, 0.25) is 0 Å². The van der Waals surface area contributed by atoms with Gasteiger partial charge in [0.15, 0.2) is 0 Å². The number of carbonyl (C=O) groups excluding carboxylic acids is 2. The van der Waals surface area contributed by atoms with Gasteiger partial charge in [-0.1, -0.05) is 38.1 Å². The SMILES string of the molecule is CC1(C)CN(C[C@@H](O)[C@@H]2Cc3ccccc3CN2)C(=O)c2ccc(C(=O)N3CCC4(CC3)COC4)cc21. The molecule has 4 aliphatic rings. The number of hydrogen-bond donors (Lipinski definition) is 2. The second-order valence-electron chi connectivity index (χ2n) is 12.1. The van der Waals surface area contributed by atoms with Crippen molar-refractivity contribution in [2.45, 2.75) is 57.2 Å². The van der Waals surface area contributed by atoms with E-state index in [1.165, 1.54) is 11.1 Å². The quantitative estimate of drug-likeness (QED) is 0.671. The normalized spacial score (nSPS) is 24.7. The summed E-state index contributed by atoms with van der Waals surface area (Å²) < 4.78 is 5.41. The molecule has 4 heterocycles. The van der Waals surface area contributed by atoms with Crippen molar-refractivity contribution in [3.05, 3.63) is 70.3 Å². The number of hydrogen-bond acceptors (Lipinski definition) is 5. The van der Waals surface area contributed by atoms with E-state index in [0.29, 0.717) is 17.7 Å². The molecular formula is C30H37N3O4. The van der Waals surface area contributed by atoms with Crippen LogP contribution in [0.1, 0.15) is 64.1 Å². The summed E-state index contributed by atoms with van der Waals surface area (Å²) in [6.07, 6.45) is 2.06. The first kappa shape index (κ1) is 24.6. The van der Waals surface area contributed by atoms with Crippen molar-refractivity contribution in [2.24, 2.45) is 5.41 Å². The molecule has 2 aromatic carbocycles. The highest BCUT2D eigenvalue weighted by molar-refractivity contribution is 6.00. The Morgan fingerprint density at radius 1 is 1.14 bits per heavy atom. The summed E-state index contributed by atoms with van der Waals surface area (Å²) in [6.45, 7) is 8.89. The summed E-state index contributed by atoms with van der Waals surface area (Å²) in [7, 11) is 0. The number of likely N-dealkylation sites (tertiary alicyclic amines) is 1. The molecule has 2 fully saturated rings. The van der Waals surface area contributed by atoms with Gasteiger partial charge in [-0.15, -0.1) is 0 Å². The Morgan fingerprint density at radius 3 is 2.57 bits per heavy atom. The van der Waals surface area contributed by atoms with Gasteiger partial charge in [0, 0.05) is 60.7 Å². The number of piperidine rings is 1. The van der Waals surface area contributed by atoms with Crippen LogP contribution in [0.25, 0.3) is 0 Å². The number of carbonyl (C=O) groups is 2. The molecule has 0 aliphatic carbocycles. The zero-order valence-corrected chi connectivity index (χ0v) is 21.8. The highest BCUT2D eigenvalue weighted by Gasteiger charge is 2.43. The Kier molecular flexibility index (Phi) is 6.13. The minimum atomic E-state index is -0.668. The highest BCUT2D eigenvalue weighted by atomic mass is 16.5. The fraction of sp³-hybridized carbons (Fsp3) is 0.533. The predicted molar refractivity (Wildman–Crippen MR) is 141 cm³/mol. The molecule has 0 radical (unpaired) electrons. The first-order valence-corrected chi connectivity index (χ1v) is 13.5. The molecule has 0 saturated carbocycles. The van der Waals surface area contributed by atoms with Crippen LogP contribution in [0.3, 0.4) is 0 Å². The smallest absolute Gasteiger partial charge is 0.254 e. The van der Waals surface area contributed by atoms with Gasteiger partial charge in [-0.25, -0.2) is 0 Å². The highest BCUT2D eigenvalue weighted by Crippen LogP contribution is 2.39. The molecule has 2 N–H and O–H groups in total. The third kappa shape index (κ3) is 4.47. The average Bonchev–Trinajstić information content (AvgIpc) is 2.89. The van der Waals surface area contributed by atoms with Crippen LogP contribution >= 0.6 is 0 Å². The fourth-order valence-corrected chi connectivity index (χ4v) is 6.53. The van der Waals surface area contributed by atoms with Gasteiger partial charge in [0.1, 0.15) is 0 Å². The second kappa shape index (κ2) is 9.22. The predicted octanol–water partition coefficient (Wildman–Crippen LogP) is 2.75. The minimum absolute atomic E-state index is 0.0441. The number of ether oxygens (including phenoxy) is 1. The number of nitrogens with zero attached hydrogens (tertiary/aromatic N) is 2. The van der Waals surface area contributed by atoms with Crippen molar-refractivity contribution < 1.29 is 19.4 Å². The van der Waals surface area contributed by atoms with Crippen LogP contribution in [-0.2, 0) is 23.1 Å². The number of benzene rings is 2. The molecule has 7 heteroatoms. The van der Waals surface area contributed by atoms with Crippen molar-refractivity contribution in [2.75, 3.05) is 39.4 Å². The topological polar surface area (TPSA) is 82.1 Å². The second-order valence-corrected chi connectivity index (χ2v) is 12.1.